The van der Waals surface area contributed by atoms with Crippen molar-refractivity contribution in [1.82, 2.24) is 9.21 Å². The van der Waals surface area contributed by atoms with Gasteiger partial charge in [-0.15, -0.1) is 0 Å². The highest BCUT2D eigenvalue weighted by Gasteiger charge is 2.32. The summed E-state index contributed by atoms with van der Waals surface area (Å²) in [4.78, 5) is 2.76. The minimum Gasteiger partial charge on any atom is -0.469 e. The minimum absolute atomic E-state index is 0.0528. The standard InChI is InChI=1S/C25H24ClN3O4S2/c1-18-13-20(26)16-22(14-18)33-23-6-4-19(17-27)15-24(23)35(30,31)29-10-8-28(9-11-29)25(34)7-5-21-3-2-12-32-21/h2-4,6,12-16H,5,7-11H2,1H3. The van der Waals surface area contributed by atoms with Crippen LogP contribution in [-0.4, -0.2) is 48.8 Å². The summed E-state index contributed by atoms with van der Waals surface area (Å²) in [6.45, 7) is 3.38. The van der Waals surface area contributed by atoms with Crippen molar-refractivity contribution in [1.29, 1.82) is 5.26 Å². The molecule has 1 fully saturated rings. The van der Waals surface area contributed by atoms with Crippen LogP contribution in [-0.2, 0) is 16.4 Å². The summed E-state index contributed by atoms with van der Waals surface area (Å²) in [5, 5.41) is 9.85. The van der Waals surface area contributed by atoms with Gasteiger partial charge in [0.1, 0.15) is 22.2 Å². The number of furan rings is 1. The zero-order chi connectivity index (χ0) is 25.0. The van der Waals surface area contributed by atoms with Crippen molar-refractivity contribution in [3.63, 3.8) is 0 Å². The number of halogens is 1. The van der Waals surface area contributed by atoms with E-state index in [2.05, 4.69) is 0 Å². The smallest absolute Gasteiger partial charge is 0.246 e. The number of sulfonamides is 1. The molecule has 1 aliphatic rings. The molecule has 7 nitrogen and oxygen atoms in total. The molecule has 1 aliphatic heterocycles. The molecule has 182 valence electrons. The summed E-state index contributed by atoms with van der Waals surface area (Å²) in [6, 6.07) is 15.3. The van der Waals surface area contributed by atoms with Crippen molar-refractivity contribution in [2.45, 2.75) is 24.7 Å². The highest BCUT2D eigenvalue weighted by atomic mass is 35.5. The Hall–Kier alpha value is -2.90. The lowest BCUT2D eigenvalue weighted by atomic mass is 10.2. The second kappa shape index (κ2) is 10.8. The summed E-state index contributed by atoms with van der Waals surface area (Å²) < 4.78 is 39.9. The molecule has 0 spiro atoms. The van der Waals surface area contributed by atoms with Crippen LogP contribution in [0.1, 0.15) is 23.3 Å². The number of hydrogen-bond donors (Lipinski definition) is 0. The lowest BCUT2D eigenvalue weighted by Gasteiger charge is -2.35. The molecule has 0 unspecified atom stereocenters. The van der Waals surface area contributed by atoms with Gasteiger partial charge in [-0.3, -0.25) is 0 Å². The van der Waals surface area contributed by atoms with Crippen LogP contribution < -0.4 is 4.74 Å². The Morgan fingerprint density at radius 1 is 1.17 bits per heavy atom. The Morgan fingerprint density at radius 2 is 1.94 bits per heavy atom. The van der Waals surface area contributed by atoms with Crippen molar-refractivity contribution >= 4 is 38.8 Å². The molecule has 0 saturated carbocycles. The van der Waals surface area contributed by atoms with Crippen molar-refractivity contribution in [2.75, 3.05) is 26.2 Å². The van der Waals surface area contributed by atoms with Crippen LogP contribution in [0.15, 0.2) is 64.1 Å². The predicted molar refractivity (Wildman–Crippen MR) is 137 cm³/mol. The van der Waals surface area contributed by atoms with Gasteiger partial charge in [0.25, 0.3) is 0 Å². The number of hydrogen-bond acceptors (Lipinski definition) is 6. The molecule has 1 aromatic heterocycles. The normalized spacial score (nSPS) is 14.5. The maximum absolute atomic E-state index is 13.6. The maximum atomic E-state index is 13.6. The Bertz CT molecular complexity index is 1340. The van der Waals surface area contributed by atoms with Crippen molar-refractivity contribution in [3.05, 3.63) is 76.7 Å². The van der Waals surface area contributed by atoms with E-state index in [0.717, 1.165) is 16.3 Å². The minimum atomic E-state index is -3.92. The van der Waals surface area contributed by atoms with Gasteiger partial charge in [0, 0.05) is 44.0 Å². The van der Waals surface area contributed by atoms with Crippen LogP contribution in [0.4, 0.5) is 0 Å². The Kier molecular flexibility index (Phi) is 7.77. The molecule has 4 rings (SSSR count). The number of thiocarbonyl (C=S) groups is 1. The van der Waals surface area contributed by atoms with Crippen molar-refractivity contribution in [3.8, 4) is 17.6 Å². The van der Waals surface area contributed by atoms with Crippen LogP contribution in [0.25, 0.3) is 0 Å². The second-order valence-electron chi connectivity index (χ2n) is 8.20. The van der Waals surface area contributed by atoms with E-state index in [1.54, 1.807) is 24.5 Å². The van der Waals surface area contributed by atoms with Crippen LogP contribution in [0.5, 0.6) is 11.5 Å². The maximum Gasteiger partial charge on any atom is 0.246 e. The third kappa shape index (κ3) is 6.03. The van der Waals surface area contributed by atoms with E-state index >= 15 is 0 Å². The summed E-state index contributed by atoms with van der Waals surface area (Å²) in [7, 11) is -3.92. The first kappa shape index (κ1) is 25.2. The molecule has 0 radical (unpaired) electrons. The molecule has 0 amide bonds. The lowest BCUT2D eigenvalue weighted by Crippen LogP contribution is -2.50. The summed E-state index contributed by atoms with van der Waals surface area (Å²) >= 11 is 11.7. The molecule has 0 N–H and O–H groups in total. The van der Waals surface area contributed by atoms with Gasteiger partial charge in [-0.25, -0.2) is 8.42 Å². The van der Waals surface area contributed by atoms with E-state index in [0.29, 0.717) is 36.7 Å². The van der Waals surface area contributed by atoms with E-state index in [9.17, 15) is 13.7 Å². The van der Waals surface area contributed by atoms with Crippen LogP contribution in [0.3, 0.4) is 0 Å². The van der Waals surface area contributed by atoms with E-state index in [-0.39, 0.29) is 29.3 Å². The van der Waals surface area contributed by atoms with Gasteiger partial charge in [0.05, 0.1) is 22.9 Å². The molecule has 10 heteroatoms. The predicted octanol–water partition coefficient (Wildman–Crippen LogP) is 5.17. The monoisotopic (exact) mass is 529 g/mol. The van der Waals surface area contributed by atoms with Crippen LogP contribution in [0.2, 0.25) is 5.02 Å². The fourth-order valence-corrected chi connectivity index (χ4v) is 6.04. The molecule has 3 aromatic rings. The molecular formula is C25H24ClN3O4S2. The zero-order valence-electron chi connectivity index (χ0n) is 19.1. The van der Waals surface area contributed by atoms with E-state index in [1.807, 2.05) is 30.0 Å². The highest BCUT2D eigenvalue weighted by Crippen LogP contribution is 2.33. The number of ether oxygens (including phenoxy) is 1. The molecule has 35 heavy (non-hydrogen) atoms. The van der Waals surface area contributed by atoms with E-state index in [4.69, 9.17) is 33.0 Å². The van der Waals surface area contributed by atoms with Gasteiger partial charge < -0.3 is 14.1 Å². The summed E-state index contributed by atoms with van der Waals surface area (Å²) in [5.41, 5.74) is 1.11. The topological polar surface area (TPSA) is 86.8 Å². The van der Waals surface area contributed by atoms with Crippen molar-refractivity contribution in [2.24, 2.45) is 0 Å². The third-order valence-corrected chi connectivity index (χ3v) is 8.29. The molecule has 2 heterocycles. The van der Waals surface area contributed by atoms with E-state index in [1.165, 1.54) is 22.5 Å². The number of nitrogens with zero attached hydrogens (tertiary/aromatic N) is 3. The molecule has 2 aromatic carbocycles. The second-order valence-corrected chi connectivity index (χ2v) is 11.0. The van der Waals surface area contributed by atoms with Gasteiger partial charge in [0.15, 0.2) is 0 Å². The fraction of sp³-hybridized carbons (Fsp3) is 0.280. The van der Waals surface area contributed by atoms with Crippen LogP contribution >= 0.6 is 23.8 Å². The Balaban J connectivity index is 1.50. The molecular weight excluding hydrogens is 506 g/mol. The number of aryl methyl sites for hydroxylation is 2. The third-order valence-electron chi connectivity index (χ3n) is 5.69. The molecule has 0 atom stereocenters. The SMILES string of the molecule is Cc1cc(Cl)cc(Oc2ccc(C#N)cc2S(=O)(=O)N2CCN(C(=S)CCc3ccco3)CC2)c1. The first-order valence-electron chi connectivity index (χ1n) is 11.1. The zero-order valence-corrected chi connectivity index (χ0v) is 21.5. The van der Waals surface area contributed by atoms with Gasteiger partial charge in [-0.1, -0.05) is 23.8 Å². The molecule has 1 saturated heterocycles. The van der Waals surface area contributed by atoms with E-state index < -0.39 is 10.0 Å². The first-order chi connectivity index (χ1) is 16.8. The average molecular weight is 530 g/mol. The molecule has 0 bridgehead atoms. The lowest BCUT2D eigenvalue weighted by molar-refractivity contribution is 0.265. The van der Waals surface area contributed by atoms with Gasteiger partial charge in [-0.2, -0.15) is 9.57 Å². The fourth-order valence-electron chi connectivity index (χ4n) is 3.91. The average Bonchev–Trinajstić information content (AvgIpc) is 3.36. The quantitative estimate of drug-likeness (QED) is 0.390. The Labute approximate surface area is 215 Å². The largest absolute Gasteiger partial charge is 0.469 e. The molecule has 0 aliphatic carbocycles. The van der Waals surface area contributed by atoms with Gasteiger partial charge in [0.2, 0.25) is 10.0 Å². The number of piperazine rings is 1. The van der Waals surface area contributed by atoms with Gasteiger partial charge >= 0.3 is 0 Å². The highest BCUT2D eigenvalue weighted by molar-refractivity contribution is 7.89. The number of rotatable bonds is 7. The van der Waals surface area contributed by atoms with Crippen molar-refractivity contribution < 1.29 is 17.6 Å². The first-order valence-corrected chi connectivity index (χ1v) is 13.3. The Morgan fingerprint density at radius 3 is 2.60 bits per heavy atom. The summed E-state index contributed by atoms with van der Waals surface area (Å²) in [6.07, 6.45) is 3.00. The number of nitriles is 1. The van der Waals surface area contributed by atoms with Crippen LogP contribution in [0, 0.1) is 18.3 Å². The number of benzene rings is 2. The van der Waals surface area contributed by atoms with Gasteiger partial charge in [-0.05, 0) is 61.0 Å². The summed E-state index contributed by atoms with van der Waals surface area (Å²) in [5.74, 6) is 1.43.